The molecule has 0 saturated carbocycles. The number of alkyl halides is 3. The van der Waals surface area contributed by atoms with Gasteiger partial charge in [0.25, 0.3) is 0 Å². The number of nitrogens with one attached hydrogen (secondary N) is 1. The summed E-state index contributed by atoms with van der Waals surface area (Å²) in [5, 5.41) is 10.1. The quantitative estimate of drug-likeness (QED) is 0.776. The van der Waals surface area contributed by atoms with Crippen LogP contribution in [-0.2, 0) is 4.79 Å². The van der Waals surface area contributed by atoms with Gasteiger partial charge >= 0.3 is 6.18 Å². The average molecular weight is 363 g/mol. The number of aromatic nitrogens is 4. The summed E-state index contributed by atoms with van der Waals surface area (Å²) in [7, 11) is 0. The average Bonchev–Trinajstić information content (AvgIpc) is 3.27. The molecule has 0 radical (unpaired) electrons. The van der Waals surface area contributed by atoms with Crippen molar-refractivity contribution in [3.05, 3.63) is 30.2 Å². The Kier molecular flexibility index (Phi) is 4.01. The minimum atomic E-state index is -4.31. The summed E-state index contributed by atoms with van der Waals surface area (Å²) in [4.78, 5) is 21.1. The highest BCUT2D eigenvalue weighted by Crippen LogP contribution is 2.34. The van der Waals surface area contributed by atoms with Crippen LogP contribution in [0, 0.1) is 0 Å². The molecule has 1 fully saturated rings. The van der Waals surface area contributed by atoms with E-state index in [1.54, 1.807) is 18.5 Å². The Morgan fingerprint density at radius 2 is 2.15 bits per heavy atom. The summed E-state index contributed by atoms with van der Waals surface area (Å²) in [6, 6.07) is 3.68. The van der Waals surface area contributed by atoms with E-state index >= 15 is 0 Å². The van der Waals surface area contributed by atoms with Gasteiger partial charge in [-0.15, -0.1) is 10.2 Å². The van der Waals surface area contributed by atoms with E-state index in [0.717, 1.165) is 16.5 Å². The van der Waals surface area contributed by atoms with E-state index in [1.165, 1.54) is 4.90 Å². The zero-order valence-corrected chi connectivity index (χ0v) is 13.8. The number of nitrogens with zero attached hydrogens (tertiary/aromatic N) is 4. The predicted molar refractivity (Wildman–Crippen MR) is 88.4 cm³/mol. The summed E-state index contributed by atoms with van der Waals surface area (Å²) >= 11 is 0. The fourth-order valence-electron chi connectivity index (χ4n) is 3.50. The smallest absolute Gasteiger partial charge is 0.345 e. The SMILES string of the molecule is O=C(CCC(F)(F)F)N1CCC(c2nccc3nnc4[nH]ccc4c23)C1. The molecule has 1 unspecified atom stereocenters. The van der Waals surface area contributed by atoms with E-state index in [-0.39, 0.29) is 5.92 Å². The number of hydrogen-bond donors (Lipinski definition) is 1. The molecule has 0 spiro atoms. The summed E-state index contributed by atoms with van der Waals surface area (Å²) in [5.41, 5.74) is 2.18. The van der Waals surface area contributed by atoms with Crippen LogP contribution in [0.5, 0.6) is 0 Å². The van der Waals surface area contributed by atoms with Gasteiger partial charge in [0, 0.05) is 48.6 Å². The molecule has 0 aromatic carbocycles. The highest BCUT2D eigenvalue weighted by Gasteiger charge is 2.33. The van der Waals surface area contributed by atoms with Crippen LogP contribution in [0.3, 0.4) is 0 Å². The molecule has 136 valence electrons. The topological polar surface area (TPSA) is 74.8 Å². The molecule has 3 aromatic rings. The molecule has 4 heterocycles. The number of likely N-dealkylation sites (tertiary alicyclic amines) is 1. The van der Waals surface area contributed by atoms with Gasteiger partial charge in [0.15, 0.2) is 5.65 Å². The number of halogens is 3. The van der Waals surface area contributed by atoms with Crippen LogP contribution in [0.25, 0.3) is 21.9 Å². The van der Waals surface area contributed by atoms with Crippen LogP contribution in [0.15, 0.2) is 24.5 Å². The van der Waals surface area contributed by atoms with Crippen LogP contribution >= 0.6 is 0 Å². The van der Waals surface area contributed by atoms with Crippen LogP contribution < -0.4 is 0 Å². The maximum atomic E-state index is 12.3. The lowest BCUT2D eigenvalue weighted by Gasteiger charge is -2.17. The molecule has 1 atom stereocenters. The molecule has 1 aliphatic heterocycles. The summed E-state index contributed by atoms with van der Waals surface area (Å²) in [6.07, 6.45) is -1.81. The van der Waals surface area contributed by atoms with E-state index in [0.29, 0.717) is 30.7 Å². The van der Waals surface area contributed by atoms with E-state index in [2.05, 4.69) is 20.2 Å². The van der Waals surface area contributed by atoms with Crippen molar-refractivity contribution in [2.45, 2.75) is 31.4 Å². The lowest BCUT2D eigenvalue weighted by molar-refractivity contribution is -0.148. The van der Waals surface area contributed by atoms with Crippen LogP contribution in [0.1, 0.15) is 30.9 Å². The van der Waals surface area contributed by atoms with E-state index in [1.807, 2.05) is 6.07 Å². The number of aromatic amines is 1. The molecule has 0 aliphatic carbocycles. The number of hydrogen-bond acceptors (Lipinski definition) is 4. The van der Waals surface area contributed by atoms with E-state index in [9.17, 15) is 18.0 Å². The van der Waals surface area contributed by atoms with Gasteiger partial charge in [0.2, 0.25) is 5.91 Å². The molecule has 4 rings (SSSR count). The third-order valence-electron chi connectivity index (χ3n) is 4.76. The molecular weight excluding hydrogens is 347 g/mol. The zero-order chi connectivity index (χ0) is 18.3. The third-order valence-corrected chi connectivity index (χ3v) is 4.76. The van der Waals surface area contributed by atoms with Gasteiger partial charge in [-0.2, -0.15) is 13.2 Å². The Hall–Kier alpha value is -2.71. The van der Waals surface area contributed by atoms with Crippen LogP contribution in [0.4, 0.5) is 13.2 Å². The first-order valence-corrected chi connectivity index (χ1v) is 8.35. The Balaban J connectivity index is 1.59. The Bertz CT molecular complexity index is 968. The van der Waals surface area contributed by atoms with Crippen molar-refractivity contribution < 1.29 is 18.0 Å². The van der Waals surface area contributed by atoms with Crippen molar-refractivity contribution in [3.8, 4) is 0 Å². The highest BCUT2D eigenvalue weighted by atomic mass is 19.4. The van der Waals surface area contributed by atoms with Gasteiger partial charge in [-0.1, -0.05) is 0 Å². The Labute approximate surface area is 146 Å². The molecule has 1 aliphatic rings. The normalized spacial score (nSPS) is 18.1. The summed E-state index contributed by atoms with van der Waals surface area (Å²) in [6.45, 7) is 0.811. The van der Waals surface area contributed by atoms with Gasteiger partial charge in [-0.25, -0.2) is 0 Å². The second-order valence-electron chi connectivity index (χ2n) is 6.47. The van der Waals surface area contributed by atoms with Gasteiger partial charge in [-0.3, -0.25) is 9.78 Å². The van der Waals surface area contributed by atoms with E-state index < -0.39 is 24.9 Å². The maximum Gasteiger partial charge on any atom is 0.389 e. The molecule has 6 nitrogen and oxygen atoms in total. The number of H-pyrrole nitrogens is 1. The van der Waals surface area contributed by atoms with Gasteiger partial charge in [0.1, 0.15) is 0 Å². The number of carbonyl (C=O) groups excluding carboxylic acids is 1. The van der Waals surface area contributed by atoms with Crippen molar-refractivity contribution >= 4 is 27.8 Å². The van der Waals surface area contributed by atoms with Crippen molar-refractivity contribution in [3.63, 3.8) is 0 Å². The Morgan fingerprint density at radius 1 is 1.31 bits per heavy atom. The molecule has 1 saturated heterocycles. The van der Waals surface area contributed by atoms with E-state index in [4.69, 9.17) is 0 Å². The molecule has 26 heavy (non-hydrogen) atoms. The summed E-state index contributed by atoms with van der Waals surface area (Å²) < 4.78 is 37.0. The standard InChI is InChI=1S/C17H16F3N5O/c18-17(19,20)5-1-13(26)25-8-4-10(9-25)15-14-11-2-6-22-16(11)24-23-12(14)3-7-21-15/h2-3,6-7,10H,1,4-5,8-9H2,(H,22,24). The fraction of sp³-hybridized carbons (Fsp3) is 0.412. The fourth-order valence-corrected chi connectivity index (χ4v) is 3.50. The van der Waals surface area contributed by atoms with Gasteiger partial charge in [-0.05, 0) is 18.6 Å². The number of carbonyl (C=O) groups is 1. The molecular formula is C17H16F3N5O. The maximum absolute atomic E-state index is 12.3. The zero-order valence-electron chi connectivity index (χ0n) is 13.8. The number of pyridine rings is 1. The second kappa shape index (κ2) is 6.22. The highest BCUT2D eigenvalue weighted by molar-refractivity contribution is 6.04. The van der Waals surface area contributed by atoms with Crippen molar-refractivity contribution in [2.24, 2.45) is 0 Å². The van der Waals surface area contributed by atoms with Crippen molar-refractivity contribution in [1.29, 1.82) is 0 Å². The lowest BCUT2D eigenvalue weighted by atomic mass is 9.99. The van der Waals surface area contributed by atoms with Crippen LogP contribution in [-0.4, -0.2) is 50.2 Å². The first-order valence-electron chi connectivity index (χ1n) is 8.35. The van der Waals surface area contributed by atoms with Gasteiger partial charge < -0.3 is 9.88 Å². The number of amides is 1. The monoisotopic (exact) mass is 363 g/mol. The molecule has 3 aromatic heterocycles. The number of fused-ring (bicyclic) bond motifs is 3. The number of rotatable bonds is 3. The van der Waals surface area contributed by atoms with Crippen LogP contribution in [0.2, 0.25) is 0 Å². The minimum absolute atomic E-state index is 0.0316. The van der Waals surface area contributed by atoms with Crippen molar-refractivity contribution in [1.82, 2.24) is 25.1 Å². The lowest BCUT2D eigenvalue weighted by Crippen LogP contribution is -2.29. The molecule has 0 bridgehead atoms. The third kappa shape index (κ3) is 3.09. The minimum Gasteiger partial charge on any atom is -0.345 e. The first kappa shape index (κ1) is 16.7. The molecule has 1 N–H and O–H groups in total. The second-order valence-corrected chi connectivity index (χ2v) is 6.47. The first-order chi connectivity index (χ1) is 12.4. The van der Waals surface area contributed by atoms with Gasteiger partial charge in [0.05, 0.1) is 17.6 Å². The predicted octanol–water partition coefficient (Wildman–Crippen LogP) is 3.16. The summed E-state index contributed by atoms with van der Waals surface area (Å²) in [5.74, 6) is -0.493. The Morgan fingerprint density at radius 3 is 2.96 bits per heavy atom. The molecule has 9 heteroatoms. The molecule has 1 amide bonds. The largest absolute Gasteiger partial charge is 0.389 e. The van der Waals surface area contributed by atoms with Crippen molar-refractivity contribution in [2.75, 3.05) is 13.1 Å².